The Kier molecular flexibility index (Phi) is 25.6. The lowest BCUT2D eigenvalue weighted by Crippen LogP contribution is -2.68. The van der Waals surface area contributed by atoms with Gasteiger partial charge in [0.25, 0.3) is 23.6 Å². The number of fused-ring (bicyclic) bond motifs is 12. The number of hydrogen-bond donors (Lipinski definition) is 0. The van der Waals surface area contributed by atoms with Gasteiger partial charge in [-0.15, -0.1) is 15.3 Å². The lowest BCUT2D eigenvalue weighted by Gasteiger charge is -2.51. The van der Waals surface area contributed by atoms with E-state index in [-0.39, 0.29) is 43.3 Å². The number of carbonyl (C=O) groups is 5. The Labute approximate surface area is 710 Å². The second kappa shape index (κ2) is 36.0. The Morgan fingerprint density at radius 2 is 0.672 bits per heavy atom. The van der Waals surface area contributed by atoms with E-state index in [1.807, 2.05) is 142 Å². The maximum absolute atomic E-state index is 13.2. The second-order valence-electron chi connectivity index (χ2n) is 28.6. The first-order valence-electron chi connectivity index (χ1n) is 38.2. The standard InChI is InChI=1S/3C20H20N6O2S.C20H22N4O3.CH4.Cl2OS/c3*1-3-20-12-28-10-9-26(20)18-14(25(2)19(20)27)11-21-17(22-18)16-15(23-24-29-16)13-7-5-4-6-8-13;1-3-20-13-27-10-9-24(20)18-15(23(2)19(20)26)12-21-17(22-18)11-16(25)14-7-5-4-6-8-14;;1-4(2)3/h3*4-8,11H,3,9-10,12H2,1-2H3;4-8,12H,3,9-11,13H2,1-2H3;1H4;/t2*20-;;;;/m10..../s1. The van der Waals surface area contributed by atoms with Gasteiger partial charge >= 0.3 is 0 Å². The second-order valence-corrected chi connectivity index (χ2v) is 33.4. The van der Waals surface area contributed by atoms with E-state index in [1.54, 1.807) is 84.7 Å². The third-order valence-electron chi connectivity index (χ3n) is 22.6. The summed E-state index contributed by atoms with van der Waals surface area (Å²) in [7, 11) is 14.4. The minimum atomic E-state index is -1.67. The van der Waals surface area contributed by atoms with E-state index in [4.69, 9.17) is 38.1 Å². The first-order chi connectivity index (χ1) is 57.3. The molecule has 8 aliphatic heterocycles. The maximum Gasteiger partial charge on any atom is 0.255 e. The van der Waals surface area contributed by atoms with Gasteiger partial charge in [-0.2, -0.15) is 0 Å². The molecule has 0 saturated carbocycles. The summed E-state index contributed by atoms with van der Waals surface area (Å²) in [5.74, 6) is 5.17. The van der Waals surface area contributed by atoms with Gasteiger partial charge in [-0.1, -0.05) is 170 Å². The number of aromatic nitrogens is 14. The van der Waals surface area contributed by atoms with Crippen molar-refractivity contribution in [3.8, 4) is 65.9 Å². The van der Waals surface area contributed by atoms with Gasteiger partial charge in [0.1, 0.15) is 82.4 Å². The van der Waals surface area contributed by atoms with Crippen molar-refractivity contribution in [3.05, 3.63) is 158 Å². The Morgan fingerprint density at radius 3 is 0.950 bits per heavy atom. The van der Waals surface area contributed by atoms with E-state index in [2.05, 4.69) is 89.7 Å². The Bertz CT molecular complexity index is 5150. The van der Waals surface area contributed by atoms with Crippen LogP contribution in [0.15, 0.2) is 146 Å². The van der Waals surface area contributed by atoms with E-state index >= 15 is 0 Å². The lowest BCUT2D eigenvalue weighted by atomic mass is 9.89. The molecule has 32 nitrogen and oxygen atoms in total. The topological polar surface area (TPSA) is 346 Å². The van der Waals surface area contributed by atoms with E-state index < -0.39 is 31.4 Å². The Hall–Kier alpha value is -10.8. The first kappa shape index (κ1) is 84.6. The smallest absolute Gasteiger partial charge is 0.255 e. The van der Waals surface area contributed by atoms with Crippen LogP contribution in [-0.4, -0.2) is 232 Å². The number of likely N-dealkylation sites (N-methyl/N-ethyl adjacent to an activating group) is 4. The number of halogens is 2. The number of anilines is 8. The minimum absolute atomic E-state index is 0. The van der Waals surface area contributed by atoms with Crippen molar-refractivity contribution < 1.29 is 47.1 Å². The third-order valence-corrected chi connectivity index (χ3v) is 24.7. The lowest BCUT2D eigenvalue weighted by molar-refractivity contribution is -0.129. The number of ether oxygens (including phenoxy) is 4. The number of nitrogens with zero attached hydrogens (tertiary/aromatic N) is 22. The van der Waals surface area contributed by atoms with Gasteiger partial charge < -0.3 is 58.1 Å². The summed E-state index contributed by atoms with van der Waals surface area (Å²) in [5, 5.41) is 12.9. The number of morpholine rings is 4. The predicted molar refractivity (Wildman–Crippen MR) is 461 cm³/mol. The van der Waals surface area contributed by atoms with Crippen LogP contribution in [0.25, 0.3) is 65.9 Å². The molecule has 119 heavy (non-hydrogen) atoms. The molecule has 0 bridgehead atoms. The Morgan fingerprint density at radius 1 is 0.412 bits per heavy atom. The highest BCUT2D eigenvalue weighted by molar-refractivity contribution is 8.26. The number of hydrogen-bond acceptors (Lipinski definition) is 31. The van der Waals surface area contributed by atoms with Crippen molar-refractivity contribution >= 4 is 141 Å². The van der Waals surface area contributed by atoms with Gasteiger partial charge in [-0.3, -0.25) is 24.0 Å². The SMILES string of the molecule is C.CCC12COCCN1c1nc(-c3snnc3-c3ccccc3)ncc1N(C)C2=O.CCC12COCCN1c1nc(CC(=O)c3ccccc3)ncc1N(C)C2=O.CC[C@@]12COCCN1c1nc(-c3snnc3-c3ccccc3)ncc1N(C)C2=O.CC[C@]12COCCN1c1nc(-c3snnc3-c3ccccc3)ncc1N(C)C2=O.O=S(Cl)Cl. The Balaban J connectivity index is 0.000000128. The van der Waals surface area contributed by atoms with E-state index in [1.165, 1.54) is 34.6 Å². The summed E-state index contributed by atoms with van der Waals surface area (Å²) in [6.45, 7) is 14.1. The molecule has 38 heteroatoms. The van der Waals surface area contributed by atoms with Crippen LogP contribution in [0.4, 0.5) is 46.0 Å². The molecule has 7 aromatic heterocycles. The highest BCUT2D eigenvalue weighted by Crippen LogP contribution is 2.48. The van der Waals surface area contributed by atoms with Crippen LogP contribution in [0.5, 0.6) is 0 Å². The van der Waals surface area contributed by atoms with E-state index in [0.29, 0.717) is 162 Å². The monoisotopic (exact) mass is 1720 g/mol. The fourth-order valence-electron chi connectivity index (χ4n) is 16.1. The maximum atomic E-state index is 13.2. The van der Waals surface area contributed by atoms with Crippen LogP contribution < -0.4 is 39.2 Å². The molecule has 4 amide bonds. The molecule has 2 unspecified atom stereocenters. The summed E-state index contributed by atoms with van der Waals surface area (Å²) in [4.78, 5) is 120. The highest BCUT2D eigenvalue weighted by atomic mass is 36.0. The van der Waals surface area contributed by atoms with Crippen LogP contribution in [0.3, 0.4) is 0 Å². The molecule has 618 valence electrons. The minimum Gasteiger partial charge on any atom is -0.377 e. The zero-order chi connectivity index (χ0) is 82.6. The molecule has 11 aromatic rings. The summed E-state index contributed by atoms with van der Waals surface area (Å²) in [6.07, 6.45) is 9.49. The number of benzene rings is 4. The van der Waals surface area contributed by atoms with E-state index in [0.717, 1.165) is 65.9 Å². The largest absolute Gasteiger partial charge is 0.377 e. The summed E-state index contributed by atoms with van der Waals surface area (Å²) < 4.78 is 44.2. The third kappa shape index (κ3) is 15.7. The van der Waals surface area contributed by atoms with Gasteiger partial charge in [0.05, 0.1) is 84.1 Å². The quantitative estimate of drug-likeness (QED) is 0.0764. The highest BCUT2D eigenvalue weighted by Gasteiger charge is 2.56. The van der Waals surface area contributed by atoms with Crippen LogP contribution in [0.1, 0.15) is 77.0 Å². The molecule has 0 aliphatic carbocycles. The summed E-state index contributed by atoms with van der Waals surface area (Å²) in [6, 6.07) is 38.8. The number of carbonyl (C=O) groups excluding carboxylic acids is 5. The van der Waals surface area contributed by atoms with E-state index in [9.17, 15) is 24.0 Å². The van der Waals surface area contributed by atoms with Crippen LogP contribution >= 0.6 is 56.0 Å². The van der Waals surface area contributed by atoms with Gasteiger partial charge in [-0.05, 0) is 60.3 Å². The fraction of sp³-hybridized carbons (Fsp3) is 0.370. The van der Waals surface area contributed by atoms with Crippen molar-refractivity contribution in [2.45, 2.75) is 89.4 Å². The van der Waals surface area contributed by atoms with Crippen molar-refractivity contribution in [2.24, 2.45) is 0 Å². The number of rotatable bonds is 13. The summed E-state index contributed by atoms with van der Waals surface area (Å²) >= 11 is 3.82. The molecular formula is C81H86Cl2N22O10S4. The number of Topliss-reactive ketones (excluding diaryl/α,β-unsaturated/α-hetero) is 1. The molecule has 0 spiro atoms. The van der Waals surface area contributed by atoms with Crippen LogP contribution in [0.2, 0.25) is 0 Å². The fourth-order valence-corrected chi connectivity index (χ4v) is 17.9. The molecule has 4 saturated heterocycles. The molecule has 0 N–H and O–H groups in total. The average molecular weight is 1730 g/mol. The molecule has 8 aliphatic rings. The first-order valence-corrected chi connectivity index (χ1v) is 43.4. The van der Waals surface area contributed by atoms with Crippen LogP contribution in [-0.2, 0) is 53.8 Å². The van der Waals surface area contributed by atoms with Crippen molar-refractivity contribution in [1.82, 2.24) is 68.6 Å². The zero-order valence-corrected chi connectivity index (χ0v) is 70.5. The predicted octanol–water partition coefficient (Wildman–Crippen LogP) is 11.4. The van der Waals surface area contributed by atoms with Crippen molar-refractivity contribution in [1.29, 1.82) is 0 Å². The van der Waals surface area contributed by atoms with Crippen molar-refractivity contribution in [3.63, 3.8) is 0 Å². The number of ketones is 1. The molecule has 19 rings (SSSR count). The number of amides is 4. The summed E-state index contributed by atoms with van der Waals surface area (Å²) in [5.41, 5.74) is 5.74. The zero-order valence-electron chi connectivity index (χ0n) is 65.7. The molecule has 4 fully saturated rings. The van der Waals surface area contributed by atoms with Crippen LogP contribution in [0, 0.1) is 0 Å². The molecule has 4 atom stereocenters. The van der Waals surface area contributed by atoms with Gasteiger partial charge in [0, 0.05) is 98.0 Å². The average Bonchev–Trinajstić information content (AvgIpc) is 1.44. The molecule has 0 radical (unpaired) electrons. The van der Waals surface area contributed by atoms with Gasteiger partial charge in [-0.25, -0.2) is 44.1 Å². The normalized spacial score (nSPS) is 20.6. The molecule has 15 heterocycles. The molecule has 4 aromatic carbocycles. The van der Waals surface area contributed by atoms with Crippen molar-refractivity contribution in [2.75, 3.05) is 146 Å². The molecular weight excluding hydrogens is 1640 g/mol. The van der Waals surface area contributed by atoms with Gasteiger partial charge in [0.2, 0.25) is 9.23 Å². The van der Waals surface area contributed by atoms with Gasteiger partial charge in [0.15, 0.2) is 46.5 Å².